The molecular weight excluding hydrogens is 987 g/mol. The van der Waals surface area contributed by atoms with E-state index >= 15 is 0 Å². The second-order valence-electron chi connectivity index (χ2n) is 16.0. The summed E-state index contributed by atoms with van der Waals surface area (Å²) in [4.78, 5) is 88.3. The smallest absolute Gasteiger partial charge is 0.386 e. The summed E-state index contributed by atoms with van der Waals surface area (Å²) in [6, 6.07) is 0. The average Bonchev–Trinajstić information content (AvgIpc) is 3.84. The minimum atomic E-state index is -5.58. The molecule has 2 unspecified atom stereocenters. The summed E-state index contributed by atoms with van der Waals surface area (Å²) in [5.74, 6) is -1.14. The van der Waals surface area contributed by atoms with Crippen molar-refractivity contribution in [1.29, 1.82) is 0 Å². The minimum Gasteiger partial charge on any atom is -0.386 e. The monoisotopic (exact) mass is 1050 g/mol. The van der Waals surface area contributed by atoms with Gasteiger partial charge in [-0.15, -0.1) is 0 Å². The number of anilines is 1. The van der Waals surface area contributed by atoms with Gasteiger partial charge in [0, 0.05) is 37.1 Å². The number of thioether (sulfide) groups is 1. The number of nitrogen functional groups attached to an aromatic ring is 1. The van der Waals surface area contributed by atoms with Crippen molar-refractivity contribution in [3.05, 3.63) is 73.4 Å². The van der Waals surface area contributed by atoms with E-state index in [1.165, 1.54) is 33.1 Å². The van der Waals surface area contributed by atoms with Gasteiger partial charge in [-0.05, 0) is 32.1 Å². The Hall–Kier alpha value is -3.74. The second-order valence-corrected chi connectivity index (χ2v) is 21.4. The highest BCUT2D eigenvalue weighted by Crippen LogP contribution is 2.61. The molecule has 0 radical (unpaired) electrons. The molecule has 3 heterocycles. The van der Waals surface area contributed by atoms with Gasteiger partial charge >= 0.3 is 23.5 Å². The maximum atomic E-state index is 12.7. The van der Waals surface area contributed by atoms with Gasteiger partial charge in [-0.3, -0.25) is 32.5 Å². The van der Waals surface area contributed by atoms with E-state index in [-0.39, 0.29) is 48.0 Å². The third-order valence-corrected chi connectivity index (χ3v) is 13.7. The molecule has 24 nitrogen and oxygen atoms in total. The van der Waals surface area contributed by atoms with Crippen molar-refractivity contribution in [3.63, 3.8) is 0 Å². The molecule has 386 valence electrons. The van der Waals surface area contributed by atoms with Crippen LogP contribution in [0.1, 0.15) is 84.8 Å². The lowest BCUT2D eigenvalue weighted by Crippen LogP contribution is -2.46. The van der Waals surface area contributed by atoms with Gasteiger partial charge < -0.3 is 50.9 Å². The molecule has 2 aromatic heterocycles. The lowest BCUT2D eigenvalue weighted by atomic mass is 9.87. The number of nitrogens with zero attached hydrogens (tertiary/aromatic N) is 4. The number of ether oxygens (including phenoxy) is 1. The zero-order valence-corrected chi connectivity index (χ0v) is 42.0. The first-order valence-corrected chi connectivity index (χ1v) is 27.4. The van der Waals surface area contributed by atoms with Gasteiger partial charge in [0.1, 0.15) is 36.3 Å². The molecular formula is C41H64N7O17P3S. The van der Waals surface area contributed by atoms with E-state index in [0.29, 0.717) is 5.75 Å². The Labute approximate surface area is 404 Å². The molecule has 1 fully saturated rings. The highest BCUT2D eigenvalue weighted by atomic mass is 32.2. The van der Waals surface area contributed by atoms with Crippen molar-refractivity contribution in [3.8, 4) is 0 Å². The number of aliphatic hydroxyl groups excluding tert-OH is 2. The van der Waals surface area contributed by atoms with Gasteiger partial charge in [-0.25, -0.2) is 28.6 Å². The first-order valence-electron chi connectivity index (χ1n) is 21.9. The molecule has 10 N–H and O–H groups in total. The van der Waals surface area contributed by atoms with Crippen LogP contribution < -0.4 is 16.4 Å². The van der Waals surface area contributed by atoms with Crippen LogP contribution in [0.15, 0.2) is 73.4 Å². The van der Waals surface area contributed by atoms with Crippen LogP contribution in [0.5, 0.6) is 0 Å². The summed E-state index contributed by atoms with van der Waals surface area (Å²) >= 11 is 1.06. The van der Waals surface area contributed by atoms with Crippen molar-refractivity contribution < 1.29 is 80.5 Å². The van der Waals surface area contributed by atoms with Crippen LogP contribution >= 0.6 is 35.2 Å². The van der Waals surface area contributed by atoms with E-state index in [4.69, 9.17) is 19.5 Å². The third kappa shape index (κ3) is 22.5. The first-order chi connectivity index (χ1) is 32.6. The van der Waals surface area contributed by atoms with Crippen molar-refractivity contribution in [1.82, 2.24) is 30.2 Å². The standard InChI is InChI=1S/C41H64N7O17P3S/c1-4-5-6-7-8-9-10-11-12-13-14-15-16-17-18-19-20-21-32(50)69-25-24-43-31(49)22-23-44-39(53)36(52)41(2,3)27-62-68(59,60)65-67(57,58)61-26-30-35(64-66(54,55)56)34(51)40(63-30)48-29-47-33-37(42)45-28-46-38(33)48/h8-9,11-12,14-15,17-20,28-30,34-36,40,51-52H,4-7,10,13,16,21-27H2,1-3H3,(H,43,49)(H,44,53)(H,57,58)(H,59,60)(H2,42,45,46)(H2,54,55,56)/b9-8-,12-11-,15-14-,18-17-,20-19+/t30-,34-,35-,36+,40-/m1/s1. The number of carbonyl (C=O) groups excluding carboxylic acids is 3. The number of phosphoric acid groups is 3. The fourth-order valence-electron chi connectivity index (χ4n) is 6.10. The molecule has 0 saturated carbocycles. The Balaban J connectivity index is 1.32. The fourth-order valence-corrected chi connectivity index (χ4v) is 9.58. The number of phosphoric ester groups is 3. The number of imidazole rings is 1. The van der Waals surface area contributed by atoms with Crippen molar-refractivity contribution in [2.45, 2.75) is 109 Å². The summed E-state index contributed by atoms with van der Waals surface area (Å²) < 4.78 is 62.4. The van der Waals surface area contributed by atoms with E-state index in [1.54, 1.807) is 12.2 Å². The summed E-state index contributed by atoms with van der Waals surface area (Å²) in [6.45, 7) is 2.66. The lowest BCUT2D eigenvalue weighted by Gasteiger charge is -2.30. The fraction of sp³-hybridized carbons (Fsp3) is 0.561. The number of aliphatic hydroxyl groups is 2. The average molecular weight is 1050 g/mol. The Morgan fingerprint density at radius 2 is 1.57 bits per heavy atom. The number of rotatable bonds is 32. The Morgan fingerprint density at radius 1 is 0.913 bits per heavy atom. The summed E-state index contributed by atoms with van der Waals surface area (Å²) in [6.07, 6.45) is 21.1. The predicted octanol–water partition coefficient (Wildman–Crippen LogP) is 4.59. The molecule has 0 spiro atoms. The Morgan fingerprint density at radius 3 is 2.25 bits per heavy atom. The van der Waals surface area contributed by atoms with E-state index in [1.807, 2.05) is 12.2 Å². The topological polar surface area (TPSA) is 364 Å². The van der Waals surface area contributed by atoms with E-state index < -0.39 is 84.6 Å². The molecule has 7 atom stereocenters. The molecule has 28 heteroatoms. The number of nitrogens with one attached hydrogen (secondary N) is 2. The number of allylic oxidation sites excluding steroid dienone is 10. The molecule has 2 amide bonds. The number of amides is 2. The molecule has 3 rings (SSSR count). The van der Waals surface area contributed by atoms with Crippen LogP contribution in [0.3, 0.4) is 0 Å². The summed E-state index contributed by atoms with van der Waals surface area (Å²) in [5.41, 5.74) is 4.26. The largest absolute Gasteiger partial charge is 0.481 e. The number of hydrogen-bond acceptors (Lipinski definition) is 18. The summed E-state index contributed by atoms with van der Waals surface area (Å²) in [7, 11) is -16.4. The van der Waals surface area contributed by atoms with Gasteiger partial charge in [0.25, 0.3) is 0 Å². The van der Waals surface area contributed by atoms with Crippen LogP contribution in [-0.4, -0.2) is 123 Å². The molecule has 1 aliphatic heterocycles. The van der Waals surface area contributed by atoms with Crippen LogP contribution in [-0.2, 0) is 50.7 Å². The highest BCUT2D eigenvalue weighted by Gasteiger charge is 2.50. The molecule has 2 aromatic rings. The van der Waals surface area contributed by atoms with Crippen molar-refractivity contribution >= 4 is 69.1 Å². The number of nitrogens with two attached hydrogens (primary N) is 1. The van der Waals surface area contributed by atoms with Crippen LogP contribution in [0, 0.1) is 5.41 Å². The molecule has 1 saturated heterocycles. The Bertz CT molecular complexity index is 2270. The minimum absolute atomic E-state index is 0.0290. The maximum Gasteiger partial charge on any atom is 0.481 e. The van der Waals surface area contributed by atoms with E-state index in [0.717, 1.165) is 54.7 Å². The lowest BCUT2D eigenvalue weighted by molar-refractivity contribution is -0.137. The van der Waals surface area contributed by atoms with Gasteiger partial charge in [0.2, 0.25) is 11.8 Å². The molecule has 1 aliphatic rings. The quantitative estimate of drug-likeness (QED) is 0.0209. The van der Waals surface area contributed by atoms with Gasteiger partial charge in [-0.2, -0.15) is 4.31 Å². The second kappa shape index (κ2) is 29.6. The summed E-state index contributed by atoms with van der Waals surface area (Å²) in [5, 5.41) is 26.5. The maximum absolute atomic E-state index is 12.7. The van der Waals surface area contributed by atoms with Crippen LogP contribution in [0.2, 0.25) is 0 Å². The predicted molar refractivity (Wildman–Crippen MR) is 255 cm³/mol. The van der Waals surface area contributed by atoms with Crippen molar-refractivity contribution in [2.24, 2.45) is 5.41 Å². The third-order valence-electron chi connectivity index (χ3n) is 9.72. The van der Waals surface area contributed by atoms with Crippen LogP contribution in [0.25, 0.3) is 11.2 Å². The van der Waals surface area contributed by atoms with Gasteiger partial charge in [0.15, 0.2) is 22.8 Å². The molecule has 0 aliphatic carbocycles. The van der Waals surface area contributed by atoms with Gasteiger partial charge in [0.05, 0.1) is 19.5 Å². The van der Waals surface area contributed by atoms with Crippen LogP contribution in [0.4, 0.5) is 5.82 Å². The zero-order chi connectivity index (χ0) is 51.1. The number of unbranched alkanes of at least 4 members (excludes halogenated alkanes) is 3. The molecule has 0 aromatic carbocycles. The number of hydrogen-bond donors (Lipinski definition) is 9. The molecule has 69 heavy (non-hydrogen) atoms. The van der Waals surface area contributed by atoms with E-state index in [9.17, 15) is 57.9 Å². The number of aromatic nitrogens is 4. The number of carbonyl (C=O) groups is 3. The zero-order valence-electron chi connectivity index (χ0n) is 38.5. The molecule has 0 bridgehead atoms. The number of fused-ring (bicyclic) bond motifs is 1. The van der Waals surface area contributed by atoms with Crippen molar-refractivity contribution in [2.75, 3.05) is 37.8 Å². The normalized spacial score (nSPS) is 20.4. The highest BCUT2D eigenvalue weighted by molar-refractivity contribution is 8.13. The van der Waals surface area contributed by atoms with Gasteiger partial charge in [-0.1, -0.05) is 106 Å². The Kier molecular flexibility index (Phi) is 25.5. The SMILES string of the molecule is CCCCC/C=C\C/C=C\C/C=C\C/C=C\C=C\CC(=O)SCCNC(=O)CCNC(=O)[C@H](O)C(C)(C)COP(=O)(O)OP(=O)(O)OC[C@H]1O[C@@H](n2cnc3c(N)ncnc32)[C@H](O)[C@@H]1OP(=O)(O)O. The van der Waals surface area contributed by atoms with E-state index in [2.05, 4.69) is 77.8 Å². The first kappa shape index (κ1) is 59.6.